The molecule has 0 aliphatic rings. The number of sulfonamides is 1. The highest BCUT2D eigenvalue weighted by atomic mass is 32.2. The normalized spacial score (nSPS) is 14.8. The zero-order chi connectivity index (χ0) is 15.5. The van der Waals surface area contributed by atoms with Crippen LogP contribution >= 0.6 is 0 Å². The van der Waals surface area contributed by atoms with Gasteiger partial charge >= 0.3 is 0 Å². The Bertz CT molecular complexity index is 623. The highest BCUT2D eigenvalue weighted by molar-refractivity contribution is 7.89. The van der Waals surface area contributed by atoms with E-state index in [1.54, 1.807) is 13.2 Å². The summed E-state index contributed by atoms with van der Waals surface area (Å²) in [6.07, 6.45) is 2.09. The number of primary sulfonamides is 1. The lowest BCUT2D eigenvalue weighted by Crippen LogP contribution is -2.35. The fourth-order valence-corrected chi connectivity index (χ4v) is 3.19. The van der Waals surface area contributed by atoms with Gasteiger partial charge < -0.3 is 5.32 Å². The van der Waals surface area contributed by atoms with Crippen LogP contribution in [-0.4, -0.2) is 46.8 Å². The van der Waals surface area contributed by atoms with Crippen LogP contribution in [-0.2, 0) is 20.8 Å². The van der Waals surface area contributed by atoms with Gasteiger partial charge in [0.1, 0.15) is 4.90 Å². The van der Waals surface area contributed by atoms with Crippen molar-refractivity contribution >= 4 is 26.7 Å². The smallest absolute Gasteiger partial charge is 0.273 e. The fraction of sp³-hybridized carbons (Fsp3) is 0.600. The first-order chi connectivity index (χ1) is 9.12. The van der Waals surface area contributed by atoms with E-state index in [2.05, 4.69) is 15.5 Å². The van der Waals surface area contributed by atoms with E-state index < -0.39 is 26.7 Å². The SMILES string of the molecule is Cc1[nH]nc(C(=O)NC(C)CCS(C)=O)c1S(N)(=O)=O. The Kier molecular flexibility index (Phi) is 5.42. The summed E-state index contributed by atoms with van der Waals surface area (Å²) in [4.78, 5) is 11.7. The molecule has 114 valence electrons. The van der Waals surface area contributed by atoms with Gasteiger partial charge in [0.05, 0.1) is 5.69 Å². The first kappa shape index (κ1) is 16.8. The van der Waals surface area contributed by atoms with E-state index in [9.17, 15) is 17.4 Å². The van der Waals surface area contributed by atoms with Crippen molar-refractivity contribution in [2.24, 2.45) is 5.14 Å². The van der Waals surface area contributed by atoms with Crippen LogP contribution in [0.25, 0.3) is 0 Å². The second-order valence-electron chi connectivity index (χ2n) is 4.51. The third-order valence-electron chi connectivity index (χ3n) is 2.61. The number of amides is 1. The molecule has 0 saturated carbocycles. The molecule has 0 aliphatic heterocycles. The molecular formula is C10H18N4O4S2. The van der Waals surface area contributed by atoms with Crippen molar-refractivity contribution < 1.29 is 17.4 Å². The van der Waals surface area contributed by atoms with Gasteiger partial charge in [0.2, 0.25) is 10.0 Å². The van der Waals surface area contributed by atoms with Crippen molar-refractivity contribution in [3.8, 4) is 0 Å². The summed E-state index contributed by atoms with van der Waals surface area (Å²) >= 11 is 0. The van der Waals surface area contributed by atoms with Gasteiger partial charge in [-0.15, -0.1) is 0 Å². The van der Waals surface area contributed by atoms with Gasteiger partial charge in [-0.05, 0) is 20.3 Å². The summed E-state index contributed by atoms with van der Waals surface area (Å²) in [6, 6.07) is -0.253. The van der Waals surface area contributed by atoms with Crippen molar-refractivity contribution in [3.05, 3.63) is 11.4 Å². The number of nitrogens with two attached hydrogens (primary N) is 1. The number of aryl methyl sites for hydroxylation is 1. The van der Waals surface area contributed by atoms with Gasteiger partial charge in [-0.2, -0.15) is 5.10 Å². The Hall–Kier alpha value is -1.26. The van der Waals surface area contributed by atoms with Crippen molar-refractivity contribution in [1.29, 1.82) is 0 Å². The summed E-state index contributed by atoms with van der Waals surface area (Å²) in [5.41, 5.74) is -0.0468. The van der Waals surface area contributed by atoms with Crippen LogP contribution in [0.4, 0.5) is 0 Å². The number of hydrogen-bond acceptors (Lipinski definition) is 5. The average molecular weight is 322 g/mol. The number of nitrogens with one attached hydrogen (secondary N) is 2. The molecule has 1 amide bonds. The summed E-state index contributed by atoms with van der Waals surface area (Å²) in [5.74, 6) is -0.184. The molecule has 8 nitrogen and oxygen atoms in total. The van der Waals surface area contributed by atoms with Crippen molar-refractivity contribution in [3.63, 3.8) is 0 Å². The van der Waals surface area contributed by atoms with Crippen LogP contribution in [0.5, 0.6) is 0 Å². The molecule has 2 unspecified atom stereocenters. The molecule has 1 aromatic rings. The Labute approximate surface area is 120 Å². The van der Waals surface area contributed by atoms with Crippen LogP contribution < -0.4 is 10.5 Å². The topological polar surface area (TPSA) is 135 Å². The minimum absolute atomic E-state index is 0.208. The van der Waals surface area contributed by atoms with Gasteiger partial charge in [-0.25, -0.2) is 13.6 Å². The standard InChI is InChI=1S/C10H18N4O4S2/c1-6(4-5-19(3)16)12-10(15)8-9(20(11,17)18)7(2)13-14-8/h6H,4-5H2,1-3H3,(H,12,15)(H,13,14)(H2,11,17,18). The lowest BCUT2D eigenvalue weighted by atomic mass is 10.2. The van der Waals surface area contributed by atoms with E-state index in [4.69, 9.17) is 5.14 Å². The molecule has 1 heterocycles. The number of nitrogens with zero attached hydrogens (tertiary/aromatic N) is 1. The van der Waals surface area contributed by atoms with Gasteiger partial charge in [-0.3, -0.25) is 14.1 Å². The van der Waals surface area contributed by atoms with E-state index in [0.29, 0.717) is 12.2 Å². The second-order valence-corrected chi connectivity index (χ2v) is 7.56. The van der Waals surface area contributed by atoms with Gasteiger partial charge in [0.25, 0.3) is 5.91 Å². The maximum Gasteiger partial charge on any atom is 0.273 e. The molecule has 0 fully saturated rings. The first-order valence-electron chi connectivity index (χ1n) is 5.81. The quantitative estimate of drug-likeness (QED) is 0.633. The zero-order valence-electron chi connectivity index (χ0n) is 11.5. The predicted octanol–water partition coefficient (Wildman–Crippen LogP) is -0.748. The Balaban J connectivity index is 2.87. The van der Waals surface area contributed by atoms with Crippen LogP contribution in [0.3, 0.4) is 0 Å². The third kappa shape index (κ3) is 4.39. The molecule has 4 N–H and O–H groups in total. The zero-order valence-corrected chi connectivity index (χ0v) is 13.1. The number of hydrogen-bond donors (Lipinski definition) is 3. The molecule has 0 spiro atoms. The molecule has 0 aromatic carbocycles. The van der Waals surface area contributed by atoms with Crippen LogP contribution in [0.1, 0.15) is 29.5 Å². The average Bonchev–Trinajstić information content (AvgIpc) is 2.68. The van der Waals surface area contributed by atoms with Crippen LogP contribution in [0.15, 0.2) is 4.90 Å². The molecule has 1 aromatic heterocycles. The maximum absolute atomic E-state index is 12.0. The molecule has 10 heteroatoms. The van der Waals surface area contributed by atoms with E-state index in [1.165, 1.54) is 6.92 Å². The third-order valence-corrected chi connectivity index (χ3v) is 4.49. The molecule has 1 rings (SSSR count). The number of H-pyrrole nitrogens is 1. The minimum atomic E-state index is -4.03. The lowest BCUT2D eigenvalue weighted by Gasteiger charge is -2.12. The lowest BCUT2D eigenvalue weighted by molar-refractivity contribution is 0.0931. The number of aromatic nitrogens is 2. The maximum atomic E-state index is 12.0. The Morgan fingerprint density at radius 3 is 2.65 bits per heavy atom. The molecule has 0 aliphatic carbocycles. The predicted molar refractivity (Wildman–Crippen MR) is 75.2 cm³/mol. The highest BCUT2D eigenvalue weighted by Gasteiger charge is 2.26. The molecule has 0 bridgehead atoms. The van der Waals surface area contributed by atoms with Gasteiger partial charge in [0, 0.05) is 28.9 Å². The van der Waals surface area contributed by atoms with Crippen molar-refractivity contribution in [2.75, 3.05) is 12.0 Å². The Morgan fingerprint density at radius 2 is 2.15 bits per heavy atom. The second kappa shape index (κ2) is 6.46. The molecule has 0 radical (unpaired) electrons. The highest BCUT2D eigenvalue weighted by Crippen LogP contribution is 2.15. The first-order valence-corrected chi connectivity index (χ1v) is 9.09. The summed E-state index contributed by atoms with van der Waals surface area (Å²) in [6.45, 7) is 3.20. The van der Waals surface area contributed by atoms with E-state index in [-0.39, 0.29) is 22.3 Å². The minimum Gasteiger partial charge on any atom is -0.348 e. The van der Waals surface area contributed by atoms with E-state index >= 15 is 0 Å². The summed E-state index contributed by atoms with van der Waals surface area (Å²) in [5, 5.41) is 13.8. The Morgan fingerprint density at radius 1 is 1.55 bits per heavy atom. The number of rotatable bonds is 6. The van der Waals surface area contributed by atoms with Crippen molar-refractivity contribution in [1.82, 2.24) is 15.5 Å². The van der Waals surface area contributed by atoms with Crippen LogP contribution in [0, 0.1) is 6.92 Å². The van der Waals surface area contributed by atoms with Gasteiger partial charge in [-0.1, -0.05) is 0 Å². The summed E-state index contributed by atoms with van der Waals surface area (Å²) in [7, 11) is -4.98. The van der Waals surface area contributed by atoms with E-state index in [1.807, 2.05) is 0 Å². The summed E-state index contributed by atoms with van der Waals surface area (Å²) < 4.78 is 33.9. The van der Waals surface area contributed by atoms with Crippen LogP contribution in [0.2, 0.25) is 0 Å². The molecule has 0 saturated heterocycles. The molecule has 2 atom stereocenters. The molecular weight excluding hydrogens is 304 g/mol. The molecule has 20 heavy (non-hydrogen) atoms. The van der Waals surface area contributed by atoms with E-state index in [0.717, 1.165) is 0 Å². The fourth-order valence-electron chi connectivity index (χ4n) is 1.63. The largest absolute Gasteiger partial charge is 0.348 e. The monoisotopic (exact) mass is 322 g/mol. The number of carbonyl (C=O) groups excluding carboxylic acids is 1. The number of aromatic amines is 1. The van der Waals surface area contributed by atoms with Crippen molar-refractivity contribution in [2.45, 2.75) is 31.2 Å². The number of carbonyl (C=O) groups is 1. The van der Waals surface area contributed by atoms with Gasteiger partial charge in [0.15, 0.2) is 5.69 Å².